The minimum absolute atomic E-state index is 0.220. The van der Waals surface area contributed by atoms with Gasteiger partial charge in [-0.1, -0.05) is 0 Å². The minimum Gasteiger partial charge on any atom is -0.383 e. The molecule has 0 saturated carbocycles. The smallest absolute Gasteiger partial charge is 0.166 e. The number of hydrogen-bond donors (Lipinski definition) is 3. The fraction of sp³-hybridized carbons (Fsp3) is 0.600. The van der Waals surface area contributed by atoms with Gasteiger partial charge in [-0.05, 0) is 19.1 Å². The molecule has 6 heteroatoms. The van der Waals surface area contributed by atoms with Crippen LogP contribution in [0.3, 0.4) is 0 Å². The summed E-state index contributed by atoms with van der Waals surface area (Å²) in [5.74, 6) is 0. The van der Waals surface area contributed by atoms with E-state index in [0.717, 1.165) is 18.7 Å². The molecule has 0 amide bonds. The first-order valence-corrected chi connectivity index (χ1v) is 5.63. The number of hydrogen-bond acceptors (Lipinski definition) is 3. The molecular formula is C10H18N4OS. The van der Waals surface area contributed by atoms with E-state index in [1.807, 2.05) is 13.1 Å². The van der Waals surface area contributed by atoms with E-state index in [1.54, 1.807) is 13.4 Å². The molecule has 0 aliphatic rings. The summed E-state index contributed by atoms with van der Waals surface area (Å²) in [5, 5.41) is 6.91. The molecule has 0 radical (unpaired) electrons. The van der Waals surface area contributed by atoms with Crippen LogP contribution in [0.25, 0.3) is 0 Å². The monoisotopic (exact) mass is 242 g/mol. The predicted octanol–water partition coefficient (Wildman–Crippen LogP) is 0.451. The zero-order valence-corrected chi connectivity index (χ0v) is 10.4. The lowest BCUT2D eigenvalue weighted by molar-refractivity contribution is 0.179. The molecule has 0 fully saturated rings. The second kappa shape index (κ2) is 7.19. The molecule has 0 spiro atoms. The topological polar surface area (TPSA) is 62.0 Å². The number of methoxy groups -OCH3 is 1. The summed E-state index contributed by atoms with van der Waals surface area (Å²) in [6, 6.07) is 0.220. The van der Waals surface area contributed by atoms with Crippen molar-refractivity contribution in [2.75, 3.05) is 20.3 Å². The summed E-state index contributed by atoms with van der Waals surface area (Å²) in [6.07, 6.45) is 4.36. The van der Waals surface area contributed by atoms with Crippen molar-refractivity contribution in [1.29, 1.82) is 0 Å². The van der Waals surface area contributed by atoms with Gasteiger partial charge in [0.15, 0.2) is 5.11 Å². The summed E-state index contributed by atoms with van der Waals surface area (Å²) < 4.78 is 5.00. The molecule has 0 aromatic carbocycles. The molecular weight excluding hydrogens is 224 g/mol. The molecule has 0 aliphatic carbocycles. The number of rotatable bonds is 6. The first kappa shape index (κ1) is 12.9. The molecule has 1 aromatic rings. The van der Waals surface area contributed by atoms with Gasteiger partial charge in [0.2, 0.25) is 0 Å². The Morgan fingerprint density at radius 1 is 1.69 bits per heavy atom. The van der Waals surface area contributed by atoms with Crippen molar-refractivity contribution in [2.45, 2.75) is 19.4 Å². The van der Waals surface area contributed by atoms with Gasteiger partial charge in [0.1, 0.15) is 0 Å². The first-order chi connectivity index (χ1) is 7.72. The van der Waals surface area contributed by atoms with Crippen LogP contribution in [0.4, 0.5) is 0 Å². The van der Waals surface area contributed by atoms with Crippen molar-refractivity contribution in [3.63, 3.8) is 0 Å². The molecule has 3 N–H and O–H groups in total. The number of thiocarbonyl (C=S) groups is 1. The van der Waals surface area contributed by atoms with Gasteiger partial charge in [-0.25, -0.2) is 4.98 Å². The van der Waals surface area contributed by atoms with Crippen molar-refractivity contribution < 1.29 is 4.74 Å². The van der Waals surface area contributed by atoms with E-state index in [-0.39, 0.29) is 6.04 Å². The number of aromatic nitrogens is 2. The van der Waals surface area contributed by atoms with Crippen LogP contribution < -0.4 is 10.6 Å². The van der Waals surface area contributed by atoms with Crippen molar-refractivity contribution in [3.8, 4) is 0 Å². The Hall–Kier alpha value is -1.14. The lowest BCUT2D eigenvalue weighted by atomic mass is 10.3. The average Bonchev–Trinajstić information content (AvgIpc) is 2.70. The molecule has 1 heterocycles. The van der Waals surface area contributed by atoms with Crippen molar-refractivity contribution in [3.05, 3.63) is 18.2 Å². The molecule has 1 rings (SSSR count). The summed E-state index contributed by atoms with van der Waals surface area (Å²) in [6.45, 7) is 3.45. The lowest BCUT2D eigenvalue weighted by Gasteiger charge is -2.15. The summed E-state index contributed by atoms with van der Waals surface area (Å²) in [4.78, 5) is 6.98. The Morgan fingerprint density at radius 2 is 2.50 bits per heavy atom. The summed E-state index contributed by atoms with van der Waals surface area (Å²) in [5.41, 5.74) is 1.10. The van der Waals surface area contributed by atoms with Gasteiger partial charge >= 0.3 is 0 Å². The highest BCUT2D eigenvalue weighted by molar-refractivity contribution is 7.80. The molecule has 1 aromatic heterocycles. The number of imidazole rings is 1. The molecule has 16 heavy (non-hydrogen) atoms. The normalized spacial score (nSPS) is 12.1. The van der Waals surface area contributed by atoms with Crippen LogP contribution >= 0.6 is 12.2 Å². The maximum absolute atomic E-state index is 5.14. The van der Waals surface area contributed by atoms with Crippen LogP contribution in [0.15, 0.2) is 12.5 Å². The number of ether oxygens (including phenoxy) is 1. The maximum Gasteiger partial charge on any atom is 0.166 e. The standard InChI is InChI=1S/C10H18N4OS/c1-8(6-15-2)14-10(16)12-4-3-9-5-11-7-13-9/h5,7-8H,3-4,6H2,1-2H3,(H,11,13)(H2,12,14,16). The Bertz CT molecular complexity index is 302. The number of H-pyrrole nitrogens is 1. The van der Waals surface area contributed by atoms with Crippen molar-refractivity contribution in [2.24, 2.45) is 0 Å². The van der Waals surface area contributed by atoms with Crippen LogP contribution in [-0.4, -0.2) is 41.4 Å². The Balaban J connectivity index is 2.10. The summed E-state index contributed by atoms with van der Waals surface area (Å²) in [7, 11) is 1.67. The predicted molar refractivity (Wildman–Crippen MR) is 67.4 cm³/mol. The Labute approximate surface area is 101 Å². The highest BCUT2D eigenvalue weighted by Gasteiger charge is 2.02. The Morgan fingerprint density at radius 3 is 3.12 bits per heavy atom. The molecule has 90 valence electrons. The Kier molecular flexibility index (Phi) is 5.81. The van der Waals surface area contributed by atoms with E-state index >= 15 is 0 Å². The van der Waals surface area contributed by atoms with E-state index in [0.29, 0.717) is 11.7 Å². The van der Waals surface area contributed by atoms with E-state index in [4.69, 9.17) is 17.0 Å². The second-order valence-electron chi connectivity index (χ2n) is 3.58. The molecule has 5 nitrogen and oxygen atoms in total. The fourth-order valence-electron chi connectivity index (χ4n) is 1.30. The van der Waals surface area contributed by atoms with Crippen LogP contribution in [-0.2, 0) is 11.2 Å². The van der Waals surface area contributed by atoms with Gasteiger partial charge in [0.05, 0.1) is 12.9 Å². The third kappa shape index (κ3) is 5.09. The average molecular weight is 242 g/mol. The first-order valence-electron chi connectivity index (χ1n) is 5.23. The van der Waals surface area contributed by atoms with E-state index in [2.05, 4.69) is 20.6 Å². The number of nitrogens with one attached hydrogen (secondary N) is 3. The van der Waals surface area contributed by atoms with Gasteiger partial charge < -0.3 is 20.4 Å². The largest absolute Gasteiger partial charge is 0.383 e. The van der Waals surface area contributed by atoms with Crippen molar-refractivity contribution in [1.82, 2.24) is 20.6 Å². The van der Waals surface area contributed by atoms with Gasteiger partial charge in [-0.3, -0.25) is 0 Å². The van der Waals surface area contributed by atoms with Gasteiger partial charge in [0, 0.05) is 38.0 Å². The van der Waals surface area contributed by atoms with Crippen LogP contribution in [0.1, 0.15) is 12.6 Å². The third-order valence-electron chi connectivity index (χ3n) is 2.03. The second-order valence-corrected chi connectivity index (χ2v) is 3.99. The molecule has 0 saturated heterocycles. The van der Waals surface area contributed by atoms with Crippen LogP contribution in [0.5, 0.6) is 0 Å². The highest BCUT2D eigenvalue weighted by atomic mass is 32.1. The molecule has 1 atom stereocenters. The number of aromatic amines is 1. The molecule has 0 bridgehead atoms. The minimum atomic E-state index is 0.220. The fourth-order valence-corrected chi connectivity index (χ4v) is 1.60. The van der Waals surface area contributed by atoms with E-state index in [1.165, 1.54) is 0 Å². The zero-order chi connectivity index (χ0) is 11.8. The van der Waals surface area contributed by atoms with Gasteiger partial charge in [-0.2, -0.15) is 0 Å². The van der Waals surface area contributed by atoms with Crippen molar-refractivity contribution >= 4 is 17.3 Å². The zero-order valence-electron chi connectivity index (χ0n) is 9.62. The van der Waals surface area contributed by atoms with Gasteiger partial charge in [-0.15, -0.1) is 0 Å². The van der Waals surface area contributed by atoms with E-state index in [9.17, 15) is 0 Å². The maximum atomic E-state index is 5.14. The quantitative estimate of drug-likeness (QED) is 0.632. The van der Waals surface area contributed by atoms with E-state index < -0.39 is 0 Å². The molecule has 0 aliphatic heterocycles. The van der Waals surface area contributed by atoms with Gasteiger partial charge in [0.25, 0.3) is 0 Å². The molecule has 1 unspecified atom stereocenters. The van der Waals surface area contributed by atoms with Crippen LogP contribution in [0.2, 0.25) is 0 Å². The SMILES string of the molecule is COCC(C)NC(=S)NCCc1cnc[nH]1. The number of nitrogens with zero attached hydrogens (tertiary/aromatic N) is 1. The highest BCUT2D eigenvalue weighted by Crippen LogP contribution is 1.90. The van der Waals surface area contributed by atoms with Crippen LogP contribution in [0, 0.1) is 0 Å². The lowest BCUT2D eigenvalue weighted by Crippen LogP contribution is -2.43. The third-order valence-corrected chi connectivity index (χ3v) is 2.29. The summed E-state index contributed by atoms with van der Waals surface area (Å²) >= 11 is 5.14.